The van der Waals surface area contributed by atoms with Crippen LogP contribution in [0.2, 0.25) is 0 Å². The Morgan fingerprint density at radius 3 is 2.62 bits per heavy atom. The second-order valence-electron chi connectivity index (χ2n) is 9.14. The normalized spacial score (nSPS) is 16.3. The van der Waals surface area contributed by atoms with Crippen LogP contribution in [0.4, 0.5) is 10.3 Å². The maximum Gasteiger partial charge on any atom is 0.228 e. The molecule has 0 spiro atoms. The molecule has 1 aromatic heterocycles. The number of fused-ring (bicyclic) bond motifs is 1. The lowest BCUT2D eigenvalue weighted by atomic mass is 10.0. The summed E-state index contributed by atoms with van der Waals surface area (Å²) in [7, 11) is 1.64. The summed E-state index contributed by atoms with van der Waals surface area (Å²) in [6.45, 7) is 5.90. The molecule has 2 aromatic carbocycles. The Labute approximate surface area is 200 Å². The SMILES string of the molecule is COc1cccc(Oc2nc(N3CCCCC3)nc3c2CN(Cc2cc(C)ccc2F)CC3)c1. The lowest BCUT2D eigenvalue weighted by Gasteiger charge is -2.32. The maximum absolute atomic E-state index is 14.4. The lowest BCUT2D eigenvalue weighted by Crippen LogP contribution is -2.34. The Hall–Kier alpha value is -3.19. The summed E-state index contributed by atoms with van der Waals surface area (Å²) < 4.78 is 26.1. The minimum absolute atomic E-state index is 0.166. The Morgan fingerprint density at radius 1 is 0.971 bits per heavy atom. The topological polar surface area (TPSA) is 50.7 Å². The minimum Gasteiger partial charge on any atom is -0.497 e. The third-order valence-corrected chi connectivity index (χ3v) is 6.58. The van der Waals surface area contributed by atoms with Crippen molar-refractivity contribution in [2.75, 3.05) is 31.6 Å². The number of methoxy groups -OCH3 is 1. The predicted molar refractivity (Wildman–Crippen MR) is 130 cm³/mol. The molecule has 178 valence electrons. The highest BCUT2D eigenvalue weighted by Gasteiger charge is 2.26. The largest absolute Gasteiger partial charge is 0.497 e. The molecule has 0 unspecified atom stereocenters. The molecule has 5 rings (SSSR count). The molecule has 2 aliphatic rings. The van der Waals surface area contributed by atoms with Crippen LogP contribution in [0.1, 0.15) is 41.6 Å². The van der Waals surface area contributed by atoms with Crippen LogP contribution < -0.4 is 14.4 Å². The van der Waals surface area contributed by atoms with Crippen LogP contribution in [0.15, 0.2) is 42.5 Å². The quantitative estimate of drug-likeness (QED) is 0.497. The van der Waals surface area contributed by atoms with Gasteiger partial charge < -0.3 is 14.4 Å². The smallest absolute Gasteiger partial charge is 0.228 e. The van der Waals surface area contributed by atoms with Gasteiger partial charge in [0.2, 0.25) is 11.8 Å². The summed E-state index contributed by atoms with van der Waals surface area (Å²) in [5.41, 5.74) is 3.77. The van der Waals surface area contributed by atoms with Gasteiger partial charge in [-0.1, -0.05) is 23.8 Å². The van der Waals surface area contributed by atoms with Crippen molar-refractivity contribution in [3.63, 3.8) is 0 Å². The Kier molecular flexibility index (Phi) is 6.63. The van der Waals surface area contributed by atoms with E-state index in [4.69, 9.17) is 19.4 Å². The van der Waals surface area contributed by atoms with Crippen LogP contribution in [0.5, 0.6) is 17.4 Å². The van der Waals surface area contributed by atoms with Gasteiger partial charge in [-0.3, -0.25) is 4.90 Å². The first-order valence-corrected chi connectivity index (χ1v) is 12.0. The third-order valence-electron chi connectivity index (χ3n) is 6.58. The van der Waals surface area contributed by atoms with Crippen molar-refractivity contribution >= 4 is 5.95 Å². The molecular weight excluding hydrogens is 431 g/mol. The van der Waals surface area contributed by atoms with E-state index in [0.29, 0.717) is 30.3 Å². The van der Waals surface area contributed by atoms with Crippen molar-refractivity contribution in [3.8, 4) is 17.4 Å². The van der Waals surface area contributed by atoms with Crippen molar-refractivity contribution in [2.45, 2.75) is 45.7 Å². The van der Waals surface area contributed by atoms with Crippen molar-refractivity contribution in [1.82, 2.24) is 14.9 Å². The van der Waals surface area contributed by atoms with Gasteiger partial charge >= 0.3 is 0 Å². The molecule has 0 bridgehead atoms. The number of benzene rings is 2. The number of hydrogen-bond donors (Lipinski definition) is 0. The molecule has 3 aromatic rings. The van der Waals surface area contributed by atoms with Crippen LogP contribution >= 0.6 is 0 Å². The zero-order valence-corrected chi connectivity index (χ0v) is 19.9. The van der Waals surface area contributed by atoms with Gasteiger partial charge in [0, 0.05) is 50.8 Å². The maximum atomic E-state index is 14.4. The predicted octanol–water partition coefficient (Wildman–Crippen LogP) is 5.27. The van der Waals surface area contributed by atoms with Crippen molar-refractivity contribution in [3.05, 3.63) is 70.7 Å². The van der Waals surface area contributed by atoms with Crippen LogP contribution in [-0.4, -0.2) is 41.6 Å². The van der Waals surface area contributed by atoms with Gasteiger partial charge in [-0.2, -0.15) is 4.98 Å². The van der Waals surface area contributed by atoms with Gasteiger partial charge in [-0.25, -0.2) is 9.37 Å². The number of piperidine rings is 1. The van der Waals surface area contributed by atoms with E-state index in [0.717, 1.165) is 67.4 Å². The molecule has 0 aliphatic carbocycles. The fourth-order valence-corrected chi connectivity index (χ4v) is 4.72. The summed E-state index contributed by atoms with van der Waals surface area (Å²) in [6, 6.07) is 12.8. The fraction of sp³-hybridized carbons (Fsp3) is 0.407. The minimum atomic E-state index is -0.166. The molecule has 2 aliphatic heterocycles. The van der Waals surface area contributed by atoms with Crippen molar-refractivity contribution in [2.24, 2.45) is 0 Å². The standard InChI is InChI=1S/C27H31FN4O2/c1-19-9-10-24(28)20(15-19)17-31-14-11-25-23(18-31)26(34-22-8-6-7-21(16-22)33-2)30-27(29-25)32-12-4-3-5-13-32/h6-10,15-16H,3-5,11-14,17-18H2,1-2H3. The van der Waals surface area contributed by atoms with Crippen LogP contribution in [0.25, 0.3) is 0 Å². The highest BCUT2D eigenvalue weighted by atomic mass is 19.1. The third kappa shape index (κ3) is 4.99. The summed E-state index contributed by atoms with van der Waals surface area (Å²) in [5, 5.41) is 0. The molecule has 0 saturated carbocycles. The molecule has 1 saturated heterocycles. The average Bonchev–Trinajstić information content (AvgIpc) is 2.87. The summed E-state index contributed by atoms with van der Waals surface area (Å²) >= 11 is 0. The van der Waals surface area contributed by atoms with E-state index in [1.807, 2.05) is 37.3 Å². The lowest BCUT2D eigenvalue weighted by molar-refractivity contribution is 0.235. The van der Waals surface area contributed by atoms with Gasteiger partial charge in [0.1, 0.15) is 17.3 Å². The highest BCUT2D eigenvalue weighted by Crippen LogP contribution is 2.33. The molecular formula is C27H31FN4O2. The molecule has 6 nitrogen and oxygen atoms in total. The molecule has 3 heterocycles. The first-order chi connectivity index (χ1) is 16.6. The van der Waals surface area contributed by atoms with E-state index >= 15 is 0 Å². The number of rotatable bonds is 6. The van der Waals surface area contributed by atoms with Gasteiger partial charge in [0.05, 0.1) is 18.4 Å². The van der Waals surface area contributed by atoms with Gasteiger partial charge in [0.25, 0.3) is 0 Å². The zero-order chi connectivity index (χ0) is 23.5. The first kappa shape index (κ1) is 22.6. The summed E-state index contributed by atoms with van der Waals surface area (Å²) in [4.78, 5) is 14.3. The number of aryl methyl sites for hydroxylation is 1. The van der Waals surface area contributed by atoms with Crippen LogP contribution in [0, 0.1) is 12.7 Å². The van der Waals surface area contributed by atoms with Crippen molar-refractivity contribution < 1.29 is 13.9 Å². The van der Waals surface area contributed by atoms with E-state index in [-0.39, 0.29) is 5.82 Å². The zero-order valence-electron chi connectivity index (χ0n) is 19.9. The van der Waals surface area contributed by atoms with E-state index < -0.39 is 0 Å². The molecule has 34 heavy (non-hydrogen) atoms. The van der Waals surface area contributed by atoms with Gasteiger partial charge in [0.15, 0.2) is 0 Å². The van der Waals surface area contributed by atoms with E-state index in [2.05, 4.69) is 9.80 Å². The van der Waals surface area contributed by atoms with Crippen LogP contribution in [0.3, 0.4) is 0 Å². The number of ether oxygens (including phenoxy) is 2. The van der Waals surface area contributed by atoms with Gasteiger partial charge in [-0.15, -0.1) is 0 Å². The molecule has 0 atom stereocenters. The Balaban J connectivity index is 1.46. The number of anilines is 1. The number of hydrogen-bond acceptors (Lipinski definition) is 6. The summed E-state index contributed by atoms with van der Waals surface area (Å²) in [5.74, 6) is 2.56. The monoisotopic (exact) mass is 462 g/mol. The van der Waals surface area contributed by atoms with E-state index in [1.165, 1.54) is 6.42 Å². The molecule has 0 N–H and O–H groups in total. The summed E-state index contributed by atoms with van der Waals surface area (Å²) in [6.07, 6.45) is 4.34. The van der Waals surface area contributed by atoms with E-state index in [1.54, 1.807) is 19.2 Å². The first-order valence-electron chi connectivity index (χ1n) is 12.0. The van der Waals surface area contributed by atoms with Crippen molar-refractivity contribution in [1.29, 1.82) is 0 Å². The number of aromatic nitrogens is 2. The Bertz CT molecular complexity index is 1160. The second-order valence-corrected chi connectivity index (χ2v) is 9.14. The number of halogens is 1. The average molecular weight is 463 g/mol. The fourth-order valence-electron chi connectivity index (χ4n) is 4.72. The Morgan fingerprint density at radius 2 is 1.79 bits per heavy atom. The molecule has 7 heteroatoms. The molecule has 0 amide bonds. The van der Waals surface area contributed by atoms with E-state index in [9.17, 15) is 4.39 Å². The molecule has 1 fully saturated rings. The second kappa shape index (κ2) is 9.97. The van der Waals surface area contributed by atoms with Gasteiger partial charge in [-0.05, 0) is 44.4 Å². The highest BCUT2D eigenvalue weighted by molar-refractivity contribution is 5.44. The molecule has 0 radical (unpaired) electrons. The number of nitrogens with zero attached hydrogens (tertiary/aromatic N) is 4. The van der Waals surface area contributed by atoms with Crippen LogP contribution in [-0.2, 0) is 19.5 Å².